The van der Waals surface area contributed by atoms with E-state index < -0.39 is 11.7 Å². The maximum absolute atomic E-state index is 13.3. The van der Waals surface area contributed by atoms with Crippen LogP contribution in [0.5, 0.6) is 0 Å². The fourth-order valence-electron chi connectivity index (χ4n) is 4.66. The molecule has 0 saturated carbocycles. The number of nitrogens with one attached hydrogen (secondary N) is 1. The normalized spacial score (nSPS) is 14.2. The number of amides is 2. The highest BCUT2D eigenvalue weighted by molar-refractivity contribution is 6.07. The van der Waals surface area contributed by atoms with Crippen LogP contribution in [0.4, 0.5) is 10.5 Å². The Morgan fingerprint density at radius 3 is 2.53 bits per heavy atom. The van der Waals surface area contributed by atoms with Crippen molar-refractivity contribution >= 4 is 39.4 Å². The number of anilines is 1. The lowest BCUT2D eigenvalue weighted by molar-refractivity contribution is 0.0630. The van der Waals surface area contributed by atoms with Crippen molar-refractivity contribution in [3.63, 3.8) is 0 Å². The fourth-order valence-corrected chi connectivity index (χ4v) is 4.66. The summed E-state index contributed by atoms with van der Waals surface area (Å²) >= 11 is 0. The van der Waals surface area contributed by atoms with E-state index in [0.717, 1.165) is 27.3 Å². The van der Waals surface area contributed by atoms with Crippen LogP contribution in [0.15, 0.2) is 75.9 Å². The van der Waals surface area contributed by atoms with E-state index in [1.807, 2.05) is 53.4 Å². The number of fused-ring (bicyclic) bond motifs is 2. The molecule has 0 spiro atoms. The van der Waals surface area contributed by atoms with Gasteiger partial charge in [-0.3, -0.25) is 15.0 Å². The third kappa shape index (κ3) is 4.94. The molecule has 0 aliphatic carbocycles. The summed E-state index contributed by atoms with van der Waals surface area (Å²) < 4.78 is 10.3. The van der Waals surface area contributed by atoms with Crippen LogP contribution in [-0.2, 0) is 11.3 Å². The second-order valence-electron chi connectivity index (χ2n) is 8.74. The van der Waals surface area contributed by atoms with Gasteiger partial charge in [0.15, 0.2) is 0 Å². The molecular formula is C28H27N3O5. The van der Waals surface area contributed by atoms with Gasteiger partial charge in [0.25, 0.3) is 5.91 Å². The molecular weight excluding hydrogens is 458 g/mol. The van der Waals surface area contributed by atoms with Gasteiger partial charge in [0, 0.05) is 61.5 Å². The molecule has 1 aromatic heterocycles. The number of carbonyl (C=O) groups is 2. The van der Waals surface area contributed by atoms with Gasteiger partial charge < -0.3 is 14.1 Å². The summed E-state index contributed by atoms with van der Waals surface area (Å²) in [5.74, 6) is 0.0406. The van der Waals surface area contributed by atoms with Crippen molar-refractivity contribution in [3.8, 4) is 0 Å². The molecule has 2 amide bonds. The Labute approximate surface area is 208 Å². The first-order valence-corrected chi connectivity index (χ1v) is 12.0. The first-order valence-electron chi connectivity index (χ1n) is 12.0. The smallest absolute Gasteiger partial charge is 0.411 e. The summed E-state index contributed by atoms with van der Waals surface area (Å²) in [7, 11) is 0. The van der Waals surface area contributed by atoms with E-state index in [-0.39, 0.29) is 12.5 Å². The number of piperazine rings is 1. The Kier molecular flexibility index (Phi) is 6.69. The van der Waals surface area contributed by atoms with Gasteiger partial charge in [-0.25, -0.2) is 9.59 Å². The summed E-state index contributed by atoms with van der Waals surface area (Å²) in [6.07, 6.45) is -0.564. The lowest BCUT2D eigenvalue weighted by Gasteiger charge is -2.35. The maximum Gasteiger partial charge on any atom is 0.411 e. The minimum absolute atomic E-state index is 0.0406. The number of rotatable bonds is 5. The molecule has 8 heteroatoms. The largest absolute Gasteiger partial charge is 0.450 e. The summed E-state index contributed by atoms with van der Waals surface area (Å²) in [6.45, 7) is 5.15. The highest BCUT2D eigenvalue weighted by atomic mass is 16.5. The third-order valence-corrected chi connectivity index (χ3v) is 6.43. The topological polar surface area (TPSA) is 92.1 Å². The van der Waals surface area contributed by atoms with Gasteiger partial charge in [-0.1, -0.05) is 36.4 Å². The van der Waals surface area contributed by atoms with Gasteiger partial charge in [-0.2, -0.15) is 0 Å². The molecule has 0 radical (unpaired) electrons. The zero-order valence-electron chi connectivity index (χ0n) is 20.0. The number of hydrogen-bond acceptors (Lipinski definition) is 6. The van der Waals surface area contributed by atoms with Crippen LogP contribution >= 0.6 is 0 Å². The van der Waals surface area contributed by atoms with Crippen LogP contribution in [0.2, 0.25) is 0 Å². The van der Waals surface area contributed by atoms with E-state index >= 15 is 0 Å². The molecule has 4 aromatic rings. The molecule has 184 valence electrons. The van der Waals surface area contributed by atoms with Gasteiger partial charge >= 0.3 is 11.7 Å². The molecule has 3 aromatic carbocycles. The number of ether oxygens (including phenoxy) is 1. The van der Waals surface area contributed by atoms with E-state index in [9.17, 15) is 14.4 Å². The number of nitrogens with zero attached hydrogens (tertiary/aromatic N) is 2. The van der Waals surface area contributed by atoms with Crippen molar-refractivity contribution in [2.24, 2.45) is 0 Å². The summed E-state index contributed by atoms with van der Waals surface area (Å²) in [5.41, 5.74) is 2.01. The Bertz CT molecular complexity index is 1480. The van der Waals surface area contributed by atoms with Crippen LogP contribution < -0.4 is 10.9 Å². The minimum Gasteiger partial charge on any atom is -0.450 e. The lowest BCUT2D eigenvalue weighted by atomic mass is 10.0. The van der Waals surface area contributed by atoms with E-state index in [1.165, 1.54) is 6.07 Å². The highest BCUT2D eigenvalue weighted by Crippen LogP contribution is 2.24. The first kappa shape index (κ1) is 23.6. The average Bonchev–Trinajstić information content (AvgIpc) is 2.88. The molecule has 8 nitrogen and oxygen atoms in total. The lowest BCUT2D eigenvalue weighted by Crippen LogP contribution is -2.48. The molecule has 36 heavy (non-hydrogen) atoms. The van der Waals surface area contributed by atoms with E-state index in [0.29, 0.717) is 44.0 Å². The second-order valence-corrected chi connectivity index (χ2v) is 8.74. The van der Waals surface area contributed by atoms with Crippen molar-refractivity contribution in [1.29, 1.82) is 0 Å². The van der Waals surface area contributed by atoms with Crippen molar-refractivity contribution in [3.05, 3.63) is 88.3 Å². The van der Waals surface area contributed by atoms with Gasteiger partial charge in [0.1, 0.15) is 5.58 Å². The first-order chi connectivity index (χ1) is 17.5. The molecule has 2 heterocycles. The molecule has 0 atom stereocenters. The second kappa shape index (κ2) is 10.2. The van der Waals surface area contributed by atoms with Crippen molar-refractivity contribution < 1.29 is 18.7 Å². The Balaban J connectivity index is 1.28. The van der Waals surface area contributed by atoms with Crippen LogP contribution in [0.1, 0.15) is 22.8 Å². The number of carbonyl (C=O) groups excluding carboxylic acids is 2. The molecule has 0 bridgehead atoms. The van der Waals surface area contributed by atoms with Gasteiger partial charge in [-0.15, -0.1) is 0 Å². The molecule has 1 saturated heterocycles. The molecule has 1 fully saturated rings. The molecule has 1 N–H and O–H groups in total. The zero-order chi connectivity index (χ0) is 25.1. The Hall–Kier alpha value is -4.17. The maximum atomic E-state index is 13.3. The fraction of sp³-hybridized carbons (Fsp3) is 0.250. The average molecular weight is 486 g/mol. The van der Waals surface area contributed by atoms with Crippen LogP contribution in [-0.4, -0.2) is 54.6 Å². The summed E-state index contributed by atoms with van der Waals surface area (Å²) in [5, 5.41) is 5.45. The van der Waals surface area contributed by atoms with Gasteiger partial charge in [0.2, 0.25) is 0 Å². The zero-order valence-corrected chi connectivity index (χ0v) is 20.0. The molecule has 5 rings (SSSR count). The third-order valence-electron chi connectivity index (χ3n) is 6.43. The van der Waals surface area contributed by atoms with Gasteiger partial charge in [0.05, 0.1) is 6.61 Å². The summed E-state index contributed by atoms with van der Waals surface area (Å²) in [4.78, 5) is 41.3. The van der Waals surface area contributed by atoms with Gasteiger partial charge in [-0.05, 0) is 41.5 Å². The SMILES string of the molecule is CCOC(=O)Nc1ccc2c(CN3CCN(C(=O)c4cccc5ccccc45)CC3)cc(=O)oc2c1. The monoisotopic (exact) mass is 485 g/mol. The predicted molar refractivity (Wildman–Crippen MR) is 138 cm³/mol. The molecule has 1 aliphatic rings. The predicted octanol–water partition coefficient (Wildman–Crippen LogP) is 4.47. The summed E-state index contributed by atoms with van der Waals surface area (Å²) in [6, 6.07) is 20.5. The van der Waals surface area contributed by atoms with Crippen LogP contribution in [0.3, 0.4) is 0 Å². The minimum atomic E-state index is -0.564. The number of hydrogen-bond donors (Lipinski definition) is 1. The van der Waals surface area contributed by atoms with E-state index in [1.54, 1.807) is 19.1 Å². The van der Waals surface area contributed by atoms with E-state index in [2.05, 4.69) is 10.2 Å². The number of benzene rings is 3. The Morgan fingerprint density at radius 2 is 1.72 bits per heavy atom. The van der Waals surface area contributed by atoms with Crippen molar-refractivity contribution in [2.45, 2.75) is 13.5 Å². The molecule has 1 aliphatic heterocycles. The van der Waals surface area contributed by atoms with Crippen molar-refractivity contribution in [2.75, 3.05) is 38.1 Å². The quantitative estimate of drug-likeness (QED) is 0.419. The van der Waals surface area contributed by atoms with Crippen molar-refractivity contribution in [1.82, 2.24) is 9.80 Å². The molecule has 0 unspecified atom stereocenters. The van der Waals surface area contributed by atoms with Crippen LogP contribution in [0, 0.1) is 0 Å². The van der Waals surface area contributed by atoms with Crippen LogP contribution in [0.25, 0.3) is 21.7 Å². The highest BCUT2D eigenvalue weighted by Gasteiger charge is 2.24. The standard InChI is InChI=1S/C28H27N3O5/c1-2-35-28(34)29-21-10-11-23-20(16-26(32)36-25(23)17-21)18-30-12-14-31(15-13-30)27(33)24-9-5-7-19-6-3-4-8-22(19)24/h3-11,16-17H,2,12-15,18H2,1H3,(H,29,34). The Morgan fingerprint density at radius 1 is 0.944 bits per heavy atom. The van der Waals surface area contributed by atoms with E-state index in [4.69, 9.17) is 9.15 Å².